The number of halogens is 1. The van der Waals surface area contributed by atoms with Crippen molar-refractivity contribution in [1.29, 1.82) is 0 Å². The summed E-state index contributed by atoms with van der Waals surface area (Å²) in [6, 6.07) is 10.9. The fourth-order valence-corrected chi connectivity index (χ4v) is 4.77. The van der Waals surface area contributed by atoms with E-state index in [1.165, 1.54) is 46.9 Å². The number of hydrogen-bond acceptors (Lipinski definition) is 5. The third-order valence-electron chi connectivity index (χ3n) is 4.47. The van der Waals surface area contributed by atoms with E-state index in [2.05, 4.69) is 10.5 Å². The number of benzene rings is 2. The van der Waals surface area contributed by atoms with Crippen molar-refractivity contribution < 1.29 is 23.1 Å². The Morgan fingerprint density at radius 3 is 2.41 bits per heavy atom. The number of amides is 1. The van der Waals surface area contributed by atoms with Gasteiger partial charge in [-0.1, -0.05) is 23.7 Å². The van der Waals surface area contributed by atoms with Gasteiger partial charge in [-0.05, 0) is 54.8 Å². The molecule has 1 aliphatic heterocycles. The van der Waals surface area contributed by atoms with Crippen molar-refractivity contribution in [2.24, 2.45) is 5.10 Å². The van der Waals surface area contributed by atoms with Crippen LogP contribution in [0.1, 0.15) is 28.8 Å². The van der Waals surface area contributed by atoms with E-state index >= 15 is 0 Å². The number of nitrogens with zero attached hydrogens (tertiary/aromatic N) is 2. The van der Waals surface area contributed by atoms with Crippen molar-refractivity contribution in [3.63, 3.8) is 0 Å². The summed E-state index contributed by atoms with van der Waals surface area (Å²) in [7, 11) is -3.83. The Morgan fingerprint density at radius 1 is 1.14 bits per heavy atom. The van der Waals surface area contributed by atoms with Gasteiger partial charge in [0.15, 0.2) is 0 Å². The quantitative estimate of drug-likeness (QED) is 0.533. The lowest BCUT2D eigenvalue weighted by atomic mass is 10.1. The van der Waals surface area contributed by atoms with Crippen molar-refractivity contribution in [2.75, 3.05) is 6.54 Å². The molecule has 1 atom stereocenters. The molecule has 2 N–H and O–H groups in total. The van der Waals surface area contributed by atoms with Crippen LogP contribution in [-0.2, 0) is 14.8 Å². The first kappa shape index (κ1) is 21.0. The maximum atomic E-state index is 12.9. The summed E-state index contributed by atoms with van der Waals surface area (Å²) in [5.41, 5.74) is 3.09. The van der Waals surface area contributed by atoms with Gasteiger partial charge in [-0.3, -0.25) is 4.79 Å². The standard InChI is InChI=1S/C19H18ClN3O5S/c20-15-7-9-16(10-8-15)29(27,28)23-11-1-2-17(23)18(24)22-21-12-13-3-5-14(6-4-13)19(25)26/h3-10,12,17H,1-2,11H2,(H,22,24)(H,25,26)/b21-12-/t17-/m0/s1. The molecule has 1 fully saturated rings. The lowest BCUT2D eigenvalue weighted by Crippen LogP contribution is -2.44. The highest BCUT2D eigenvalue weighted by Gasteiger charge is 2.39. The zero-order valence-corrected chi connectivity index (χ0v) is 16.7. The smallest absolute Gasteiger partial charge is 0.335 e. The number of sulfonamides is 1. The minimum absolute atomic E-state index is 0.0728. The van der Waals surface area contributed by atoms with Gasteiger partial charge in [0, 0.05) is 11.6 Å². The third-order valence-corrected chi connectivity index (χ3v) is 6.65. The monoisotopic (exact) mass is 435 g/mol. The molecule has 1 aliphatic rings. The highest BCUT2D eigenvalue weighted by Crippen LogP contribution is 2.27. The van der Waals surface area contributed by atoms with E-state index in [-0.39, 0.29) is 17.0 Å². The number of rotatable bonds is 6. The number of nitrogens with one attached hydrogen (secondary N) is 1. The SMILES string of the molecule is O=C(O)c1ccc(/C=N\NC(=O)[C@@H]2CCCN2S(=O)(=O)c2ccc(Cl)cc2)cc1. The minimum atomic E-state index is -3.83. The second-order valence-corrected chi connectivity index (χ2v) is 8.72. The lowest BCUT2D eigenvalue weighted by Gasteiger charge is -2.22. The van der Waals surface area contributed by atoms with Gasteiger partial charge in [0.1, 0.15) is 6.04 Å². The number of hydrogen-bond donors (Lipinski definition) is 2. The van der Waals surface area contributed by atoms with E-state index < -0.39 is 27.9 Å². The number of carbonyl (C=O) groups excluding carboxylic acids is 1. The Kier molecular flexibility index (Phi) is 6.31. The van der Waals surface area contributed by atoms with Crippen LogP contribution in [-0.4, -0.2) is 48.5 Å². The summed E-state index contributed by atoms with van der Waals surface area (Å²) in [4.78, 5) is 23.4. The van der Waals surface area contributed by atoms with E-state index in [1.807, 2.05) is 0 Å². The van der Waals surface area contributed by atoms with Crippen LogP contribution in [0.15, 0.2) is 58.5 Å². The molecule has 29 heavy (non-hydrogen) atoms. The van der Waals surface area contributed by atoms with Gasteiger partial charge in [-0.2, -0.15) is 9.41 Å². The van der Waals surface area contributed by atoms with Crippen LogP contribution < -0.4 is 5.43 Å². The Hall–Kier alpha value is -2.75. The van der Waals surface area contributed by atoms with Crippen LogP contribution in [0.25, 0.3) is 0 Å². The fraction of sp³-hybridized carbons (Fsp3) is 0.211. The Morgan fingerprint density at radius 2 is 1.79 bits per heavy atom. The number of aromatic carboxylic acids is 1. The molecule has 0 aliphatic carbocycles. The first-order valence-electron chi connectivity index (χ1n) is 8.73. The van der Waals surface area contributed by atoms with Crippen LogP contribution in [0.4, 0.5) is 0 Å². The maximum absolute atomic E-state index is 12.9. The minimum Gasteiger partial charge on any atom is -0.478 e. The predicted molar refractivity (Wildman–Crippen MR) is 108 cm³/mol. The molecule has 152 valence electrons. The van der Waals surface area contributed by atoms with Gasteiger partial charge < -0.3 is 5.11 Å². The van der Waals surface area contributed by atoms with Gasteiger partial charge in [-0.15, -0.1) is 0 Å². The summed E-state index contributed by atoms with van der Waals surface area (Å²) in [5.74, 6) is -1.57. The molecule has 1 saturated heterocycles. The number of carboxylic acids is 1. The second kappa shape index (κ2) is 8.73. The molecule has 0 saturated carbocycles. The van der Waals surface area contributed by atoms with Crippen molar-refractivity contribution in [1.82, 2.24) is 9.73 Å². The fourth-order valence-electron chi connectivity index (χ4n) is 2.99. The van der Waals surface area contributed by atoms with Gasteiger partial charge in [0.2, 0.25) is 10.0 Å². The highest BCUT2D eigenvalue weighted by molar-refractivity contribution is 7.89. The molecule has 0 unspecified atom stereocenters. The first-order chi connectivity index (χ1) is 13.8. The molecule has 8 nitrogen and oxygen atoms in total. The normalized spacial score (nSPS) is 17.5. The number of carbonyl (C=O) groups is 2. The molecule has 1 heterocycles. The van der Waals surface area contributed by atoms with Crippen molar-refractivity contribution in [3.8, 4) is 0 Å². The Bertz CT molecular complexity index is 1040. The van der Waals surface area contributed by atoms with Crippen LogP contribution >= 0.6 is 11.6 Å². The lowest BCUT2D eigenvalue weighted by molar-refractivity contribution is -0.124. The largest absolute Gasteiger partial charge is 0.478 e. The Labute approximate surface area is 172 Å². The van der Waals surface area contributed by atoms with E-state index in [1.54, 1.807) is 12.1 Å². The topological polar surface area (TPSA) is 116 Å². The third kappa shape index (κ3) is 4.81. The first-order valence-corrected chi connectivity index (χ1v) is 10.5. The molecule has 0 spiro atoms. The van der Waals surface area contributed by atoms with Crippen LogP contribution in [0.5, 0.6) is 0 Å². The molecule has 2 aromatic rings. The zero-order chi connectivity index (χ0) is 21.0. The summed E-state index contributed by atoms with van der Waals surface area (Å²) >= 11 is 5.81. The molecule has 10 heteroatoms. The van der Waals surface area contributed by atoms with E-state index in [9.17, 15) is 18.0 Å². The molecular weight excluding hydrogens is 418 g/mol. The number of hydrazone groups is 1. The average Bonchev–Trinajstić information content (AvgIpc) is 3.19. The summed E-state index contributed by atoms with van der Waals surface area (Å²) in [6.07, 6.45) is 2.31. The number of carboxylic acid groups (broad SMARTS) is 1. The summed E-state index contributed by atoms with van der Waals surface area (Å²) in [5, 5.41) is 13.2. The predicted octanol–water partition coefficient (Wildman–Crippen LogP) is 2.34. The summed E-state index contributed by atoms with van der Waals surface area (Å²) in [6.45, 7) is 0.239. The molecule has 2 aromatic carbocycles. The van der Waals surface area contributed by atoms with E-state index in [0.717, 1.165) is 0 Å². The molecule has 1 amide bonds. The van der Waals surface area contributed by atoms with Gasteiger partial charge in [0.25, 0.3) is 5.91 Å². The maximum Gasteiger partial charge on any atom is 0.335 e. The summed E-state index contributed by atoms with van der Waals surface area (Å²) < 4.78 is 26.9. The van der Waals surface area contributed by atoms with Crippen molar-refractivity contribution in [2.45, 2.75) is 23.8 Å². The van der Waals surface area contributed by atoms with Gasteiger partial charge in [0.05, 0.1) is 16.7 Å². The van der Waals surface area contributed by atoms with Crippen LogP contribution in [0, 0.1) is 0 Å². The van der Waals surface area contributed by atoms with Crippen LogP contribution in [0.2, 0.25) is 5.02 Å². The average molecular weight is 436 g/mol. The van der Waals surface area contributed by atoms with Gasteiger partial charge >= 0.3 is 5.97 Å². The van der Waals surface area contributed by atoms with E-state index in [4.69, 9.17) is 16.7 Å². The van der Waals surface area contributed by atoms with Gasteiger partial charge in [-0.25, -0.2) is 18.6 Å². The van der Waals surface area contributed by atoms with Crippen LogP contribution in [0.3, 0.4) is 0 Å². The molecule has 3 rings (SSSR count). The molecule has 0 aromatic heterocycles. The molecular formula is C19H18ClN3O5S. The Balaban J connectivity index is 1.68. The molecule has 0 bridgehead atoms. The van der Waals surface area contributed by atoms with Crippen molar-refractivity contribution in [3.05, 3.63) is 64.7 Å². The van der Waals surface area contributed by atoms with Crippen molar-refractivity contribution >= 4 is 39.7 Å². The second-order valence-electron chi connectivity index (χ2n) is 6.39. The highest BCUT2D eigenvalue weighted by atomic mass is 35.5. The molecule has 0 radical (unpaired) electrons. The van der Waals surface area contributed by atoms with E-state index in [0.29, 0.717) is 23.4 Å². The zero-order valence-electron chi connectivity index (χ0n) is 15.2.